The molecule has 0 atom stereocenters. The van der Waals surface area contributed by atoms with Crippen LogP contribution >= 0.6 is 0 Å². The van der Waals surface area contributed by atoms with Gasteiger partial charge in [-0.15, -0.1) is 0 Å². The molecule has 2 aromatic carbocycles. The standard InChI is InChI=1S/C22H22N6O2/c1-4-16-7-5-8-19(28-22(29)27(3)25-26-28)18(16)14-30-20-10-9-17(13-15(20)2)21-23-11-6-12-24-21/h5-13H,4,14H2,1-3H3. The predicted molar refractivity (Wildman–Crippen MR) is 113 cm³/mol. The molecule has 152 valence electrons. The van der Waals surface area contributed by atoms with Crippen molar-refractivity contribution in [2.45, 2.75) is 26.9 Å². The lowest BCUT2D eigenvalue weighted by molar-refractivity contribution is 0.302. The van der Waals surface area contributed by atoms with Crippen LogP contribution in [-0.2, 0) is 20.1 Å². The summed E-state index contributed by atoms with van der Waals surface area (Å²) >= 11 is 0. The van der Waals surface area contributed by atoms with E-state index in [1.807, 2.05) is 43.3 Å². The number of aromatic nitrogens is 6. The third kappa shape index (κ3) is 3.71. The molecule has 0 aliphatic rings. The maximum atomic E-state index is 12.4. The fourth-order valence-corrected chi connectivity index (χ4v) is 3.33. The maximum Gasteiger partial charge on any atom is 0.368 e. The van der Waals surface area contributed by atoms with E-state index >= 15 is 0 Å². The van der Waals surface area contributed by atoms with Crippen molar-refractivity contribution in [2.75, 3.05) is 0 Å². The molecule has 2 aromatic heterocycles. The second-order valence-corrected chi connectivity index (χ2v) is 6.91. The quantitative estimate of drug-likeness (QED) is 0.493. The molecule has 4 rings (SSSR count). The van der Waals surface area contributed by atoms with Gasteiger partial charge in [-0.2, -0.15) is 9.36 Å². The molecule has 30 heavy (non-hydrogen) atoms. The first-order valence-electron chi connectivity index (χ1n) is 9.69. The van der Waals surface area contributed by atoms with E-state index in [1.54, 1.807) is 25.5 Å². The molecular weight excluding hydrogens is 380 g/mol. The van der Waals surface area contributed by atoms with Crippen molar-refractivity contribution in [3.63, 3.8) is 0 Å². The molecule has 0 aliphatic carbocycles. The van der Waals surface area contributed by atoms with Gasteiger partial charge in [0.05, 0.1) is 5.69 Å². The Morgan fingerprint density at radius 2 is 1.83 bits per heavy atom. The van der Waals surface area contributed by atoms with Crippen LogP contribution in [0.25, 0.3) is 17.1 Å². The summed E-state index contributed by atoms with van der Waals surface area (Å²) < 4.78 is 8.67. The molecular formula is C22H22N6O2. The Morgan fingerprint density at radius 3 is 2.50 bits per heavy atom. The zero-order chi connectivity index (χ0) is 21.1. The highest BCUT2D eigenvalue weighted by Gasteiger charge is 2.15. The fraction of sp³-hybridized carbons (Fsp3) is 0.227. The van der Waals surface area contributed by atoms with E-state index in [2.05, 4.69) is 27.3 Å². The first kappa shape index (κ1) is 19.5. The molecule has 0 aliphatic heterocycles. The zero-order valence-electron chi connectivity index (χ0n) is 17.1. The van der Waals surface area contributed by atoms with Crippen LogP contribution in [0.2, 0.25) is 0 Å². The normalized spacial score (nSPS) is 10.9. The smallest absolute Gasteiger partial charge is 0.368 e. The number of benzene rings is 2. The lowest BCUT2D eigenvalue weighted by Gasteiger charge is -2.15. The summed E-state index contributed by atoms with van der Waals surface area (Å²) in [7, 11) is 1.58. The Kier molecular flexibility index (Phi) is 5.38. The van der Waals surface area contributed by atoms with Gasteiger partial charge in [-0.25, -0.2) is 14.8 Å². The molecule has 0 saturated heterocycles. The number of tetrazole rings is 1. The Labute approximate surface area is 173 Å². The van der Waals surface area contributed by atoms with Crippen molar-refractivity contribution < 1.29 is 4.74 Å². The van der Waals surface area contributed by atoms with E-state index in [1.165, 1.54) is 9.36 Å². The van der Waals surface area contributed by atoms with Gasteiger partial charge >= 0.3 is 5.69 Å². The number of ether oxygens (including phenoxy) is 1. The molecule has 4 aromatic rings. The summed E-state index contributed by atoms with van der Waals surface area (Å²) in [5, 5.41) is 7.81. The van der Waals surface area contributed by atoms with E-state index in [0.717, 1.165) is 34.4 Å². The summed E-state index contributed by atoms with van der Waals surface area (Å²) in [5.41, 5.74) is 4.30. The largest absolute Gasteiger partial charge is 0.489 e. The topological polar surface area (TPSA) is 87.7 Å². The molecule has 0 bridgehead atoms. The molecule has 0 fully saturated rings. The Balaban J connectivity index is 1.64. The van der Waals surface area contributed by atoms with Gasteiger partial charge in [0.15, 0.2) is 5.82 Å². The van der Waals surface area contributed by atoms with E-state index in [0.29, 0.717) is 18.1 Å². The highest BCUT2D eigenvalue weighted by molar-refractivity contribution is 5.58. The Morgan fingerprint density at radius 1 is 1.03 bits per heavy atom. The average molecular weight is 402 g/mol. The third-order valence-electron chi connectivity index (χ3n) is 4.95. The van der Waals surface area contributed by atoms with Crippen LogP contribution in [0.5, 0.6) is 5.75 Å². The van der Waals surface area contributed by atoms with Crippen LogP contribution in [-0.4, -0.2) is 29.8 Å². The van der Waals surface area contributed by atoms with E-state index in [4.69, 9.17) is 4.74 Å². The molecule has 0 N–H and O–H groups in total. The summed E-state index contributed by atoms with van der Waals surface area (Å²) in [6, 6.07) is 13.5. The van der Waals surface area contributed by atoms with Crippen molar-refractivity contribution in [1.82, 2.24) is 29.8 Å². The first-order valence-corrected chi connectivity index (χ1v) is 9.69. The minimum Gasteiger partial charge on any atom is -0.489 e. The highest BCUT2D eigenvalue weighted by Crippen LogP contribution is 2.26. The van der Waals surface area contributed by atoms with E-state index < -0.39 is 0 Å². The number of hydrogen-bond donors (Lipinski definition) is 0. The van der Waals surface area contributed by atoms with Gasteiger partial charge in [0.2, 0.25) is 0 Å². The number of hydrogen-bond acceptors (Lipinski definition) is 6. The summed E-state index contributed by atoms with van der Waals surface area (Å²) in [6.07, 6.45) is 4.25. The van der Waals surface area contributed by atoms with Crippen molar-refractivity contribution >= 4 is 0 Å². The third-order valence-corrected chi connectivity index (χ3v) is 4.95. The second kappa shape index (κ2) is 8.28. The van der Waals surface area contributed by atoms with Crippen molar-refractivity contribution in [3.05, 3.63) is 82.0 Å². The SMILES string of the molecule is CCc1cccc(-n2nnn(C)c2=O)c1COc1ccc(-c2ncccn2)cc1C. The van der Waals surface area contributed by atoms with Gasteiger partial charge in [-0.1, -0.05) is 19.1 Å². The monoisotopic (exact) mass is 402 g/mol. The van der Waals surface area contributed by atoms with Gasteiger partial charge in [0, 0.05) is 30.6 Å². The van der Waals surface area contributed by atoms with Crippen LogP contribution in [0.1, 0.15) is 23.6 Å². The van der Waals surface area contributed by atoms with E-state index in [9.17, 15) is 4.79 Å². The molecule has 8 nitrogen and oxygen atoms in total. The van der Waals surface area contributed by atoms with Crippen LogP contribution in [0, 0.1) is 6.92 Å². The number of nitrogens with zero attached hydrogens (tertiary/aromatic N) is 6. The zero-order valence-corrected chi connectivity index (χ0v) is 17.1. The minimum atomic E-state index is -0.298. The summed E-state index contributed by atoms with van der Waals surface area (Å²) in [6.45, 7) is 4.37. The van der Waals surface area contributed by atoms with Gasteiger partial charge in [-0.3, -0.25) is 0 Å². The summed E-state index contributed by atoms with van der Waals surface area (Å²) in [5.74, 6) is 1.44. The number of rotatable bonds is 6. The van der Waals surface area contributed by atoms with Crippen LogP contribution in [0.4, 0.5) is 0 Å². The van der Waals surface area contributed by atoms with Gasteiger partial charge in [-0.05, 0) is 65.2 Å². The lowest BCUT2D eigenvalue weighted by atomic mass is 10.0. The molecule has 8 heteroatoms. The highest BCUT2D eigenvalue weighted by atomic mass is 16.5. The Hall–Kier alpha value is -3.81. The average Bonchev–Trinajstić information content (AvgIpc) is 3.11. The van der Waals surface area contributed by atoms with Crippen LogP contribution in [0.15, 0.2) is 59.7 Å². The van der Waals surface area contributed by atoms with Crippen molar-refractivity contribution in [1.29, 1.82) is 0 Å². The van der Waals surface area contributed by atoms with Crippen LogP contribution in [0.3, 0.4) is 0 Å². The van der Waals surface area contributed by atoms with Gasteiger partial charge in [0.1, 0.15) is 12.4 Å². The molecule has 2 heterocycles. The molecule has 0 radical (unpaired) electrons. The second-order valence-electron chi connectivity index (χ2n) is 6.91. The first-order chi connectivity index (χ1) is 14.6. The van der Waals surface area contributed by atoms with Gasteiger partial charge in [0.25, 0.3) is 0 Å². The molecule has 0 spiro atoms. The summed E-state index contributed by atoms with van der Waals surface area (Å²) in [4.78, 5) is 21.0. The van der Waals surface area contributed by atoms with E-state index in [-0.39, 0.29) is 5.69 Å². The maximum absolute atomic E-state index is 12.4. The van der Waals surface area contributed by atoms with Crippen molar-refractivity contribution in [2.24, 2.45) is 7.05 Å². The predicted octanol–water partition coefficient (Wildman–Crippen LogP) is 2.87. The Bertz CT molecular complexity index is 1230. The van der Waals surface area contributed by atoms with Crippen LogP contribution < -0.4 is 10.4 Å². The molecule has 0 amide bonds. The molecule has 0 saturated carbocycles. The lowest BCUT2D eigenvalue weighted by Crippen LogP contribution is -2.23. The van der Waals surface area contributed by atoms with Gasteiger partial charge < -0.3 is 4.74 Å². The van der Waals surface area contributed by atoms with Crippen molar-refractivity contribution in [3.8, 4) is 22.8 Å². The fourth-order valence-electron chi connectivity index (χ4n) is 3.33. The minimum absolute atomic E-state index is 0.298. The molecule has 0 unspecified atom stereocenters. The number of aryl methyl sites for hydroxylation is 3.